The minimum atomic E-state index is -0.427. The number of nitrogens with one attached hydrogen (secondary N) is 1. The summed E-state index contributed by atoms with van der Waals surface area (Å²) in [5, 5.41) is 3.28. The van der Waals surface area contributed by atoms with E-state index in [1.807, 2.05) is 18.2 Å². The summed E-state index contributed by atoms with van der Waals surface area (Å²) in [6, 6.07) is 5.34. The van der Waals surface area contributed by atoms with Crippen LogP contribution in [0.1, 0.15) is 11.6 Å². The second-order valence-electron chi connectivity index (χ2n) is 4.54. The number of methoxy groups -OCH3 is 2. The zero-order valence-corrected chi connectivity index (χ0v) is 12.7. The Bertz CT molecular complexity index is 414. The van der Waals surface area contributed by atoms with Crippen LogP contribution in [0.25, 0.3) is 0 Å². The van der Waals surface area contributed by atoms with Crippen LogP contribution in [-0.4, -0.2) is 52.0 Å². The molecule has 1 heterocycles. The lowest BCUT2D eigenvalue weighted by atomic mass is 10.0. The van der Waals surface area contributed by atoms with Gasteiger partial charge >= 0.3 is 0 Å². The van der Waals surface area contributed by atoms with Gasteiger partial charge in [-0.2, -0.15) is 0 Å². The van der Waals surface area contributed by atoms with E-state index in [0.29, 0.717) is 11.5 Å². The van der Waals surface area contributed by atoms with Crippen molar-refractivity contribution in [2.24, 2.45) is 0 Å². The van der Waals surface area contributed by atoms with E-state index in [9.17, 15) is 4.39 Å². The second-order valence-corrected chi connectivity index (χ2v) is 4.54. The lowest BCUT2D eigenvalue weighted by Crippen LogP contribution is -2.45. The van der Waals surface area contributed by atoms with Crippen molar-refractivity contribution in [1.82, 2.24) is 10.2 Å². The molecule has 20 heavy (non-hydrogen) atoms. The molecule has 0 spiro atoms. The molecule has 1 fully saturated rings. The van der Waals surface area contributed by atoms with Crippen molar-refractivity contribution >= 4 is 12.4 Å². The van der Waals surface area contributed by atoms with Crippen LogP contribution in [0.15, 0.2) is 18.2 Å². The molecule has 0 aliphatic carbocycles. The molecule has 0 radical (unpaired) electrons. The summed E-state index contributed by atoms with van der Waals surface area (Å²) in [5.41, 5.74) is 0.853. The average Bonchev–Trinajstić information content (AvgIpc) is 2.48. The molecule has 1 aliphatic heterocycles. The lowest BCUT2D eigenvalue weighted by molar-refractivity contribution is 0.144. The van der Waals surface area contributed by atoms with Gasteiger partial charge in [0.05, 0.1) is 20.3 Å². The highest BCUT2D eigenvalue weighted by Crippen LogP contribution is 2.37. The van der Waals surface area contributed by atoms with E-state index in [-0.39, 0.29) is 18.4 Å². The van der Waals surface area contributed by atoms with Crippen LogP contribution in [0.2, 0.25) is 0 Å². The highest BCUT2D eigenvalue weighted by molar-refractivity contribution is 5.85. The number of halogens is 2. The standard InChI is InChI=1S/C14H21FN2O2.ClH/c1-18-13-5-3-4-11(14(13)19-2)12(10-15)17-8-6-16-7-9-17;/h3-5,12,16H,6-10H2,1-2H3;1H/t12-;/m0./s1. The fourth-order valence-electron chi connectivity index (χ4n) is 2.55. The van der Waals surface area contributed by atoms with Crippen molar-refractivity contribution in [3.8, 4) is 11.5 Å². The summed E-state index contributed by atoms with van der Waals surface area (Å²) in [6.45, 7) is 3.04. The van der Waals surface area contributed by atoms with Crippen molar-refractivity contribution in [3.05, 3.63) is 23.8 Å². The highest BCUT2D eigenvalue weighted by atomic mass is 35.5. The highest BCUT2D eigenvalue weighted by Gasteiger charge is 2.26. The Labute approximate surface area is 125 Å². The van der Waals surface area contributed by atoms with Crippen molar-refractivity contribution < 1.29 is 13.9 Å². The number of nitrogens with zero attached hydrogens (tertiary/aromatic N) is 1. The van der Waals surface area contributed by atoms with Gasteiger partial charge in [-0.05, 0) is 6.07 Å². The summed E-state index contributed by atoms with van der Waals surface area (Å²) in [7, 11) is 3.19. The van der Waals surface area contributed by atoms with Crippen LogP contribution < -0.4 is 14.8 Å². The quantitative estimate of drug-likeness (QED) is 0.903. The van der Waals surface area contributed by atoms with Crippen LogP contribution in [0.4, 0.5) is 4.39 Å². The van der Waals surface area contributed by atoms with E-state index in [0.717, 1.165) is 31.7 Å². The fraction of sp³-hybridized carbons (Fsp3) is 0.571. The molecular weight excluding hydrogens is 283 g/mol. The Morgan fingerprint density at radius 1 is 1.25 bits per heavy atom. The average molecular weight is 305 g/mol. The topological polar surface area (TPSA) is 33.7 Å². The normalized spacial score (nSPS) is 17.1. The van der Waals surface area contributed by atoms with Crippen molar-refractivity contribution in [2.75, 3.05) is 47.1 Å². The van der Waals surface area contributed by atoms with Gasteiger partial charge in [-0.1, -0.05) is 12.1 Å². The molecule has 0 amide bonds. The minimum absolute atomic E-state index is 0. The molecule has 0 saturated carbocycles. The smallest absolute Gasteiger partial charge is 0.165 e. The molecule has 0 unspecified atom stereocenters. The summed E-state index contributed by atoms with van der Waals surface area (Å²) < 4.78 is 24.2. The molecule has 1 aromatic carbocycles. The van der Waals surface area contributed by atoms with Gasteiger partial charge in [0, 0.05) is 31.7 Å². The van der Waals surface area contributed by atoms with Gasteiger partial charge in [0.2, 0.25) is 0 Å². The molecular formula is C14H22ClFN2O2. The number of para-hydroxylation sites is 1. The molecule has 0 aromatic heterocycles. The summed E-state index contributed by atoms with van der Waals surface area (Å²) >= 11 is 0. The first-order valence-electron chi connectivity index (χ1n) is 6.53. The molecule has 2 rings (SSSR count). The number of hydrogen-bond acceptors (Lipinski definition) is 4. The van der Waals surface area contributed by atoms with Crippen LogP contribution >= 0.6 is 12.4 Å². The van der Waals surface area contributed by atoms with Gasteiger partial charge in [0.25, 0.3) is 0 Å². The maximum Gasteiger partial charge on any atom is 0.165 e. The third-order valence-corrected chi connectivity index (χ3v) is 3.53. The van der Waals surface area contributed by atoms with E-state index in [2.05, 4.69) is 10.2 Å². The predicted molar refractivity (Wildman–Crippen MR) is 80.0 cm³/mol. The number of rotatable bonds is 5. The summed E-state index contributed by atoms with van der Waals surface area (Å²) in [6.07, 6.45) is 0. The molecule has 0 bridgehead atoms. The first-order valence-corrected chi connectivity index (χ1v) is 6.53. The molecule has 1 atom stereocenters. The van der Waals surface area contributed by atoms with Gasteiger partial charge < -0.3 is 14.8 Å². The fourth-order valence-corrected chi connectivity index (χ4v) is 2.55. The predicted octanol–water partition coefficient (Wildman–Crippen LogP) is 2.04. The van der Waals surface area contributed by atoms with Crippen LogP contribution in [0.3, 0.4) is 0 Å². The zero-order valence-electron chi connectivity index (χ0n) is 11.9. The van der Waals surface area contributed by atoms with Crippen molar-refractivity contribution in [1.29, 1.82) is 0 Å². The second kappa shape index (κ2) is 8.29. The van der Waals surface area contributed by atoms with E-state index in [1.165, 1.54) is 0 Å². The van der Waals surface area contributed by atoms with Gasteiger partial charge in [-0.15, -0.1) is 12.4 Å². The van der Waals surface area contributed by atoms with Gasteiger partial charge in [-0.3, -0.25) is 4.90 Å². The van der Waals surface area contributed by atoms with Crippen LogP contribution in [0, 0.1) is 0 Å². The number of hydrogen-bond donors (Lipinski definition) is 1. The minimum Gasteiger partial charge on any atom is -0.493 e. The first kappa shape index (κ1) is 17.0. The Morgan fingerprint density at radius 2 is 1.95 bits per heavy atom. The van der Waals surface area contributed by atoms with Crippen molar-refractivity contribution in [2.45, 2.75) is 6.04 Å². The molecule has 4 nitrogen and oxygen atoms in total. The van der Waals surface area contributed by atoms with E-state index >= 15 is 0 Å². The molecule has 1 aliphatic rings. The van der Waals surface area contributed by atoms with Crippen LogP contribution in [0.5, 0.6) is 11.5 Å². The zero-order chi connectivity index (χ0) is 13.7. The lowest BCUT2D eigenvalue weighted by Gasteiger charge is -2.34. The van der Waals surface area contributed by atoms with Gasteiger partial charge in [0.1, 0.15) is 6.67 Å². The maximum absolute atomic E-state index is 13.5. The molecule has 1 saturated heterocycles. The third kappa shape index (κ3) is 3.53. The number of alkyl halides is 1. The van der Waals surface area contributed by atoms with E-state index < -0.39 is 6.67 Å². The number of ether oxygens (including phenoxy) is 2. The maximum atomic E-state index is 13.5. The van der Waals surface area contributed by atoms with E-state index in [4.69, 9.17) is 9.47 Å². The summed E-state index contributed by atoms with van der Waals surface area (Å²) in [4.78, 5) is 2.15. The Morgan fingerprint density at radius 3 is 2.50 bits per heavy atom. The van der Waals surface area contributed by atoms with Crippen molar-refractivity contribution in [3.63, 3.8) is 0 Å². The largest absolute Gasteiger partial charge is 0.493 e. The number of piperazine rings is 1. The molecule has 6 heteroatoms. The SMILES string of the molecule is COc1cccc([C@H](CF)N2CCNCC2)c1OC.Cl. The molecule has 1 aromatic rings. The monoisotopic (exact) mass is 304 g/mol. The van der Waals surface area contributed by atoms with E-state index in [1.54, 1.807) is 14.2 Å². The Balaban J connectivity index is 0.00000200. The molecule has 114 valence electrons. The number of benzene rings is 1. The third-order valence-electron chi connectivity index (χ3n) is 3.53. The van der Waals surface area contributed by atoms with Gasteiger partial charge in [-0.25, -0.2) is 4.39 Å². The Hall–Kier alpha value is -1.04. The van der Waals surface area contributed by atoms with Gasteiger partial charge in [0.15, 0.2) is 11.5 Å². The van der Waals surface area contributed by atoms with Crippen LogP contribution in [-0.2, 0) is 0 Å². The molecule has 1 N–H and O–H groups in total. The summed E-state index contributed by atoms with van der Waals surface area (Å²) in [5.74, 6) is 1.28. The Kier molecular flexibility index (Phi) is 7.05. The first-order chi connectivity index (χ1) is 9.31.